The summed E-state index contributed by atoms with van der Waals surface area (Å²) in [5.41, 5.74) is -0.203. The van der Waals surface area contributed by atoms with Crippen molar-refractivity contribution in [3.63, 3.8) is 0 Å². The number of aliphatic imine (C=N–C) groups is 1. The first-order valence-corrected chi connectivity index (χ1v) is 8.91. The summed E-state index contributed by atoms with van der Waals surface area (Å²) in [4.78, 5) is 4.46. The molecule has 7 heteroatoms. The van der Waals surface area contributed by atoms with Gasteiger partial charge in [-0.05, 0) is 43.7 Å². The average molecular weight is 380 g/mol. The molecule has 6 nitrogen and oxygen atoms in total. The van der Waals surface area contributed by atoms with Gasteiger partial charge < -0.3 is 24.9 Å². The Morgan fingerprint density at radius 1 is 1.35 bits per heavy atom. The van der Waals surface area contributed by atoms with Gasteiger partial charge in [-0.1, -0.05) is 23.7 Å². The van der Waals surface area contributed by atoms with Crippen molar-refractivity contribution >= 4 is 17.6 Å². The standard InChI is InChI=1S/C19H26ClN3O3/c1-4-21-18(23-13-19(2,24)17-9-6-10-26-17)22-12-16(25-3)14-7-5-8-15(20)11-14/h5-11,16,24H,4,12-13H2,1-3H3,(H2,21,22,23). The summed E-state index contributed by atoms with van der Waals surface area (Å²) in [6, 6.07) is 11.0. The van der Waals surface area contributed by atoms with Crippen LogP contribution in [0.4, 0.5) is 0 Å². The third-order valence-electron chi connectivity index (χ3n) is 3.90. The van der Waals surface area contributed by atoms with Crippen LogP contribution in [0.15, 0.2) is 52.1 Å². The van der Waals surface area contributed by atoms with Crippen molar-refractivity contribution in [3.8, 4) is 0 Å². The molecule has 0 saturated carbocycles. The minimum absolute atomic E-state index is 0.157. The van der Waals surface area contributed by atoms with Crippen molar-refractivity contribution < 1.29 is 14.3 Å². The number of nitrogens with one attached hydrogen (secondary N) is 2. The van der Waals surface area contributed by atoms with Crippen LogP contribution in [-0.4, -0.2) is 37.8 Å². The molecule has 0 fully saturated rings. The summed E-state index contributed by atoms with van der Waals surface area (Å²) in [5, 5.41) is 17.6. The van der Waals surface area contributed by atoms with Crippen molar-refractivity contribution in [2.75, 3.05) is 26.7 Å². The zero-order valence-electron chi connectivity index (χ0n) is 15.3. The van der Waals surface area contributed by atoms with Crippen molar-refractivity contribution in [1.82, 2.24) is 10.6 Å². The van der Waals surface area contributed by atoms with E-state index < -0.39 is 5.60 Å². The lowest BCUT2D eigenvalue weighted by Crippen LogP contribution is -2.40. The number of furan rings is 1. The second-order valence-electron chi connectivity index (χ2n) is 6.11. The van der Waals surface area contributed by atoms with Gasteiger partial charge in [0.2, 0.25) is 0 Å². The molecule has 0 aliphatic rings. The number of ether oxygens (including phenoxy) is 1. The molecule has 0 spiro atoms. The normalized spacial score (nSPS) is 15.3. The molecule has 0 aliphatic carbocycles. The van der Waals surface area contributed by atoms with Crippen LogP contribution < -0.4 is 10.6 Å². The van der Waals surface area contributed by atoms with Crippen LogP contribution in [0.2, 0.25) is 5.02 Å². The molecule has 2 unspecified atom stereocenters. The van der Waals surface area contributed by atoms with Crippen molar-refractivity contribution in [1.29, 1.82) is 0 Å². The quantitative estimate of drug-likeness (QED) is 0.485. The number of halogens is 1. The zero-order valence-corrected chi connectivity index (χ0v) is 16.1. The van der Waals surface area contributed by atoms with Crippen molar-refractivity contribution in [2.45, 2.75) is 25.6 Å². The molecule has 1 aromatic heterocycles. The molecule has 0 radical (unpaired) electrons. The Kier molecular flexibility index (Phi) is 7.50. The fourth-order valence-corrected chi connectivity index (χ4v) is 2.67. The predicted octanol–water partition coefficient (Wildman–Crippen LogP) is 3.08. The van der Waals surface area contributed by atoms with E-state index in [2.05, 4.69) is 15.6 Å². The van der Waals surface area contributed by atoms with E-state index in [1.165, 1.54) is 6.26 Å². The van der Waals surface area contributed by atoms with Gasteiger partial charge in [-0.15, -0.1) is 0 Å². The lowest BCUT2D eigenvalue weighted by Gasteiger charge is -2.21. The first kappa shape index (κ1) is 20.3. The maximum absolute atomic E-state index is 10.5. The third-order valence-corrected chi connectivity index (χ3v) is 4.14. The number of rotatable bonds is 8. The monoisotopic (exact) mass is 379 g/mol. The van der Waals surface area contributed by atoms with E-state index in [0.717, 1.165) is 5.56 Å². The van der Waals surface area contributed by atoms with E-state index in [1.54, 1.807) is 26.2 Å². The summed E-state index contributed by atoms with van der Waals surface area (Å²) < 4.78 is 10.8. The molecular formula is C19H26ClN3O3. The highest BCUT2D eigenvalue weighted by molar-refractivity contribution is 6.30. The Morgan fingerprint density at radius 2 is 2.15 bits per heavy atom. The van der Waals surface area contributed by atoms with Gasteiger partial charge in [0.1, 0.15) is 11.4 Å². The Hall–Kier alpha value is -2.02. The molecule has 0 saturated heterocycles. The first-order chi connectivity index (χ1) is 12.5. The van der Waals surface area contributed by atoms with Crippen LogP contribution in [0, 0.1) is 0 Å². The van der Waals surface area contributed by atoms with Crippen LogP contribution in [0.1, 0.15) is 31.3 Å². The summed E-state index contributed by atoms with van der Waals surface area (Å²) >= 11 is 6.06. The smallest absolute Gasteiger partial charge is 0.191 e. The van der Waals surface area contributed by atoms with E-state index in [-0.39, 0.29) is 12.6 Å². The molecule has 0 aliphatic heterocycles. The highest BCUT2D eigenvalue weighted by Gasteiger charge is 2.26. The third kappa shape index (κ3) is 5.76. The van der Waals surface area contributed by atoms with Gasteiger partial charge in [-0.25, -0.2) is 4.99 Å². The highest BCUT2D eigenvalue weighted by Crippen LogP contribution is 2.21. The lowest BCUT2D eigenvalue weighted by atomic mass is 10.0. The van der Waals surface area contributed by atoms with E-state index >= 15 is 0 Å². The van der Waals surface area contributed by atoms with Gasteiger partial charge in [-0.3, -0.25) is 0 Å². The molecule has 0 bridgehead atoms. The van der Waals surface area contributed by atoms with Crippen molar-refractivity contribution in [3.05, 3.63) is 59.0 Å². The maximum atomic E-state index is 10.5. The van der Waals surface area contributed by atoms with Crippen LogP contribution in [-0.2, 0) is 10.3 Å². The second-order valence-corrected chi connectivity index (χ2v) is 6.54. The number of hydrogen-bond donors (Lipinski definition) is 3. The molecule has 2 atom stereocenters. The van der Waals surface area contributed by atoms with Gasteiger partial charge in [-0.2, -0.15) is 0 Å². The van der Waals surface area contributed by atoms with Crippen LogP contribution in [0.25, 0.3) is 0 Å². The lowest BCUT2D eigenvalue weighted by molar-refractivity contribution is 0.0436. The van der Waals surface area contributed by atoms with Crippen molar-refractivity contribution in [2.24, 2.45) is 4.99 Å². The summed E-state index contributed by atoms with van der Waals surface area (Å²) in [6.45, 7) is 5.01. The van der Waals surface area contributed by atoms with E-state index in [0.29, 0.717) is 29.8 Å². The average Bonchev–Trinajstić information content (AvgIpc) is 3.16. The molecule has 26 heavy (non-hydrogen) atoms. The van der Waals surface area contributed by atoms with Gasteiger partial charge in [0.05, 0.1) is 18.9 Å². The Labute approximate surface area is 159 Å². The fraction of sp³-hybridized carbons (Fsp3) is 0.421. The topological polar surface area (TPSA) is 79.0 Å². The number of aliphatic hydroxyl groups is 1. The molecule has 1 aromatic carbocycles. The molecule has 1 heterocycles. The SMILES string of the molecule is CCNC(=NCC(C)(O)c1ccco1)NCC(OC)c1cccc(Cl)c1. The minimum Gasteiger partial charge on any atom is -0.466 e. The van der Waals surface area contributed by atoms with Gasteiger partial charge in [0, 0.05) is 25.2 Å². The van der Waals surface area contributed by atoms with E-state index in [1.807, 2.05) is 31.2 Å². The molecule has 2 aromatic rings. The van der Waals surface area contributed by atoms with Gasteiger partial charge in [0.15, 0.2) is 5.96 Å². The van der Waals surface area contributed by atoms with E-state index in [4.69, 9.17) is 20.8 Å². The van der Waals surface area contributed by atoms with Crippen LogP contribution in [0.5, 0.6) is 0 Å². The largest absolute Gasteiger partial charge is 0.466 e. The fourth-order valence-electron chi connectivity index (χ4n) is 2.47. The van der Waals surface area contributed by atoms with Gasteiger partial charge in [0.25, 0.3) is 0 Å². The Morgan fingerprint density at radius 3 is 2.77 bits per heavy atom. The number of methoxy groups -OCH3 is 1. The number of guanidine groups is 1. The predicted molar refractivity (Wildman–Crippen MR) is 103 cm³/mol. The summed E-state index contributed by atoms with van der Waals surface area (Å²) in [5.74, 6) is 1.06. The maximum Gasteiger partial charge on any atom is 0.191 e. The molecule has 0 amide bonds. The van der Waals surface area contributed by atoms with Crippen LogP contribution in [0.3, 0.4) is 0 Å². The minimum atomic E-state index is -1.18. The second kappa shape index (κ2) is 9.62. The number of nitrogens with zero attached hydrogens (tertiary/aromatic N) is 1. The van der Waals surface area contributed by atoms with Gasteiger partial charge >= 0.3 is 0 Å². The molecular weight excluding hydrogens is 354 g/mol. The summed E-state index contributed by atoms with van der Waals surface area (Å²) in [6.07, 6.45) is 1.36. The zero-order chi connectivity index (χ0) is 19.0. The summed E-state index contributed by atoms with van der Waals surface area (Å²) in [7, 11) is 1.65. The Bertz CT molecular complexity index is 702. The first-order valence-electron chi connectivity index (χ1n) is 8.53. The van der Waals surface area contributed by atoms with Crippen LogP contribution >= 0.6 is 11.6 Å². The number of hydrogen-bond acceptors (Lipinski definition) is 4. The molecule has 3 N–H and O–H groups in total. The molecule has 2 rings (SSSR count). The number of benzene rings is 1. The van der Waals surface area contributed by atoms with E-state index in [9.17, 15) is 5.11 Å². The Balaban J connectivity index is 2.02. The molecule has 142 valence electrons. The highest BCUT2D eigenvalue weighted by atomic mass is 35.5.